The van der Waals surface area contributed by atoms with Gasteiger partial charge in [0.15, 0.2) is 23.1 Å². The molecular formula is C26H24O7S. The fraction of sp³-hybridized carbons (Fsp3) is 0.308. The van der Waals surface area contributed by atoms with Crippen LogP contribution in [0.15, 0.2) is 76.1 Å². The molecule has 34 heavy (non-hydrogen) atoms. The van der Waals surface area contributed by atoms with Crippen molar-refractivity contribution in [3.63, 3.8) is 0 Å². The van der Waals surface area contributed by atoms with Gasteiger partial charge in [-0.15, -0.1) is 0 Å². The molecule has 176 valence electrons. The first kappa shape index (κ1) is 22.4. The van der Waals surface area contributed by atoms with Crippen LogP contribution in [0.3, 0.4) is 0 Å². The van der Waals surface area contributed by atoms with E-state index in [1.165, 1.54) is 25.3 Å². The third kappa shape index (κ3) is 3.92. The van der Waals surface area contributed by atoms with Crippen molar-refractivity contribution in [3.8, 4) is 11.5 Å². The molecule has 0 saturated heterocycles. The van der Waals surface area contributed by atoms with Gasteiger partial charge in [0.2, 0.25) is 0 Å². The van der Waals surface area contributed by atoms with Gasteiger partial charge in [0.1, 0.15) is 16.4 Å². The zero-order valence-corrected chi connectivity index (χ0v) is 19.5. The van der Waals surface area contributed by atoms with Crippen molar-refractivity contribution >= 4 is 21.7 Å². The molecule has 0 N–H and O–H groups in total. The Balaban J connectivity index is 1.58. The molecule has 2 aromatic carbocycles. The van der Waals surface area contributed by atoms with Crippen LogP contribution in [0.5, 0.6) is 11.5 Å². The fourth-order valence-electron chi connectivity index (χ4n) is 4.84. The van der Waals surface area contributed by atoms with E-state index in [1.807, 2.05) is 0 Å². The van der Waals surface area contributed by atoms with E-state index in [9.17, 15) is 18.0 Å². The Morgan fingerprint density at radius 2 is 1.44 bits per heavy atom. The monoisotopic (exact) mass is 480 g/mol. The largest absolute Gasteiger partial charge is 0.493 e. The van der Waals surface area contributed by atoms with E-state index in [2.05, 4.69) is 0 Å². The quantitative estimate of drug-likeness (QED) is 0.578. The van der Waals surface area contributed by atoms with Gasteiger partial charge in [-0.25, -0.2) is 0 Å². The molecule has 0 spiro atoms. The number of ketones is 2. The number of hydrogen-bond donors (Lipinski definition) is 0. The van der Waals surface area contributed by atoms with Crippen LogP contribution < -0.4 is 8.92 Å². The van der Waals surface area contributed by atoms with Gasteiger partial charge in [0.05, 0.1) is 7.11 Å². The molecule has 2 aromatic rings. The van der Waals surface area contributed by atoms with Crippen molar-refractivity contribution in [1.29, 1.82) is 0 Å². The van der Waals surface area contributed by atoms with Gasteiger partial charge < -0.3 is 13.7 Å². The molecule has 0 radical (unpaired) electrons. The molecule has 2 aliphatic carbocycles. The predicted octanol–water partition coefficient (Wildman–Crippen LogP) is 4.59. The average Bonchev–Trinajstić information content (AvgIpc) is 2.84. The van der Waals surface area contributed by atoms with Crippen LogP contribution >= 0.6 is 0 Å². The van der Waals surface area contributed by atoms with Gasteiger partial charge in [0, 0.05) is 42.7 Å². The van der Waals surface area contributed by atoms with Crippen LogP contribution in [0.4, 0.5) is 0 Å². The Hall–Kier alpha value is -3.39. The van der Waals surface area contributed by atoms with Crippen molar-refractivity contribution in [3.05, 3.63) is 76.8 Å². The van der Waals surface area contributed by atoms with Gasteiger partial charge in [-0.2, -0.15) is 8.42 Å². The second kappa shape index (κ2) is 8.76. The highest BCUT2D eigenvalue weighted by molar-refractivity contribution is 7.87. The lowest BCUT2D eigenvalue weighted by Gasteiger charge is -2.36. The fourth-order valence-corrected chi connectivity index (χ4v) is 5.80. The molecule has 7 nitrogen and oxygen atoms in total. The topological polar surface area (TPSA) is 96.0 Å². The second-order valence-corrected chi connectivity index (χ2v) is 10.1. The number of carbonyl (C=O) groups excluding carboxylic acids is 2. The Bertz CT molecular complexity index is 1290. The smallest absolute Gasteiger partial charge is 0.339 e. The summed E-state index contributed by atoms with van der Waals surface area (Å²) in [6.07, 6.45) is 3.54. The van der Waals surface area contributed by atoms with Gasteiger partial charge in [0.25, 0.3) is 0 Å². The zero-order valence-electron chi connectivity index (χ0n) is 18.7. The zero-order chi connectivity index (χ0) is 23.9. The number of hydrogen-bond acceptors (Lipinski definition) is 7. The molecule has 0 amide bonds. The van der Waals surface area contributed by atoms with Crippen LogP contribution in [-0.2, 0) is 24.4 Å². The number of Topliss-reactive ketones (excluding diaryl/α,β-unsaturated/α-hetero) is 2. The molecule has 8 heteroatoms. The van der Waals surface area contributed by atoms with E-state index in [0.29, 0.717) is 66.8 Å². The van der Waals surface area contributed by atoms with Gasteiger partial charge in [-0.1, -0.05) is 24.3 Å². The molecule has 1 aliphatic heterocycles. The Labute approximate surface area is 198 Å². The van der Waals surface area contributed by atoms with Gasteiger partial charge in [-0.05, 0) is 42.7 Å². The van der Waals surface area contributed by atoms with E-state index in [1.54, 1.807) is 30.3 Å². The third-order valence-corrected chi connectivity index (χ3v) is 7.64. The summed E-state index contributed by atoms with van der Waals surface area (Å²) in [4.78, 5) is 25.9. The van der Waals surface area contributed by atoms with Crippen LogP contribution in [0.2, 0.25) is 0 Å². The second-order valence-electron chi connectivity index (χ2n) is 8.52. The number of methoxy groups -OCH3 is 1. The van der Waals surface area contributed by atoms with Crippen molar-refractivity contribution in [2.75, 3.05) is 7.11 Å². The lowest BCUT2D eigenvalue weighted by molar-refractivity contribution is -0.117. The first-order chi connectivity index (χ1) is 16.4. The SMILES string of the molecule is COc1cc(C2C3=C(CCCC3=O)OC3=C2C(=O)CCC3)ccc1OS(=O)(=O)c1ccccc1. The van der Waals surface area contributed by atoms with E-state index in [-0.39, 0.29) is 28.0 Å². The molecule has 0 unspecified atom stereocenters. The van der Waals surface area contributed by atoms with E-state index >= 15 is 0 Å². The highest BCUT2D eigenvalue weighted by atomic mass is 32.2. The molecular weight excluding hydrogens is 456 g/mol. The highest BCUT2D eigenvalue weighted by Crippen LogP contribution is 2.48. The van der Waals surface area contributed by atoms with E-state index in [4.69, 9.17) is 13.7 Å². The van der Waals surface area contributed by atoms with Gasteiger partial charge in [-0.3, -0.25) is 9.59 Å². The number of rotatable bonds is 5. The van der Waals surface area contributed by atoms with Crippen molar-refractivity contribution in [1.82, 2.24) is 0 Å². The highest BCUT2D eigenvalue weighted by Gasteiger charge is 2.42. The van der Waals surface area contributed by atoms with E-state index in [0.717, 1.165) is 0 Å². The minimum atomic E-state index is -4.07. The first-order valence-electron chi connectivity index (χ1n) is 11.3. The van der Waals surface area contributed by atoms with Crippen molar-refractivity contribution in [2.45, 2.75) is 49.3 Å². The van der Waals surface area contributed by atoms with Gasteiger partial charge >= 0.3 is 10.1 Å². The van der Waals surface area contributed by atoms with Crippen LogP contribution in [0.1, 0.15) is 50.0 Å². The lowest BCUT2D eigenvalue weighted by Crippen LogP contribution is -2.30. The summed E-state index contributed by atoms with van der Waals surface area (Å²) in [6.45, 7) is 0. The van der Waals surface area contributed by atoms with E-state index < -0.39 is 16.0 Å². The summed E-state index contributed by atoms with van der Waals surface area (Å²) in [5.74, 6) is 0.883. The molecule has 5 rings (SSSR count). The maximum atomic E-state index is 13.0. The molecule has 0 fully saturated rings. The molecule has 0 atom stereocenters. The molecule has 1 heterocycles. The number of carbonyl (C=O) groups is 2. The van der Waals surface area contributed by atoms with Crippen LogP contribution in [0, 0.1) is 0 Å². The maximum Gasteiger partial charge on any atom is 0.339 e. The van der Waals surface area contributed by atoms with Crippen molar-refractivity contribution in [2.24, 2.45) is 0 Å². The van der Waals surface area contributed by atoms with Crippen LogP contribution in [-0.4, -0.2) is 27.1 Å². The summed E-state index contributed by atoms with van der Waals surface area (Å²) >= 11 is 0. The maximum absolute atomic E-state index is 13.0. The molecule has 3 aliphatic rings. The van der Waals surface area contributed by atoms with Crippen molar-refractivity contribution < 1.29 is 31.7 Å². The average molecular weight is 481 g/mol. The first-order valence-corrected chi connectivity index (χ1v) is 12.7. The Kier molecular flexibility index (Phi) is 5.77. The lowest BCUT2D eigenvalue weighted by atomic mass is 9.73. The number of benzene rings is 2. The Morgan fingerprint density at radius 3 is 2.03 bits per heavy atom. The predicted molar refractivity (Wildman–Crippen MR) is 123 cm³/mol. The Morgan fingerprint density at radius 1 is 0.824 bits per heavy atom. The summed E-state index contributed by atoms with van der Waals surface area (Å²) in [5.41, 5.74) is 1.70. The summed E-state index contributed by atoms with van der Waals surface area (Å²) in [6, 6.07) is 12.7. The number of ether oxygens (including phenoxy) is 2. The minimum absolute atomic E-state index is 0.0236. The number of allylic oxidation sites excluding steroid dienone is 4. The van der Waals surface area contributed by atoms with Crippen LogP contribution in [0.25, 0.3) is 0 Å². The normalized spacial score (nSPS) is 18.9. The minimum Gasteiger partial charge on any atom is -0.493 e. The molecule has 0 saturated carbocycles. The summed E-state index contributed by atoms with van der Waals surface area (Å²) in [5, 5.41) is 0. The summed E-state index contributed by atoms with van der Waals surface area (Å²) in [7, 11) is -2.65. The molecule has 0 bridgehead atoms. The molecule has 0 aromatic heterocycles. The third-order valence-electron chi connectivity index (χ3n) is 6.39. The summed E-state index contributed by atoms with van der Waals surface area (Å²) < 4.78 is 42.3. The standard InChI is InChI=1S/C26H24O7S/c1-31-23-15-16(13-14-20(23)33-34(29,30)17-7-3-2-4-8-17)24-25-18(27)9-5-11-21(25)32-22-12-6-10-19(28)26(22)24/h2-4,7-8,13-15,24H,5-6,9-12H2,1H3.